The molecule has 3 aromatic rings. The molecular formula is C19H17N2O4-. The maximum Gasteiger partial charge on any atom is 0.229 e. The van der Waals surface area contributed by atoms with Crippen LogP contribution in [-0.4, -0.2) is 23.5 Å². The fraction of sp³-hybridized carbons (Fsp3) is 0.158. The first kappa shape index (κ1) is 16.6. The highest BCUT2D eigenvalue weighted by molar-refractivity contribution is 6.02. The van der Waals surface area contributed by atoms with Crippen LogP contribution in [0.2, 0.25) is 0 Å². The molecule has 0 aliphatic heterocycles. The van der Waals surface area contributed by atoms with E-state index in [9.17, 15) is 14.7 Å². The van der Waals surface area contributed by atoms with Crippen molar-refractivity contribution in [2.75, 3.05) is 11.9 Å². The van der Waals surface area contributed by atoms with Crippen LogP contribution in [0.3, 0.4) is 0 Å². The number of aromatic amines is 1. The number of amides is 1. The van der Waals surface area contributed by atoms with E-state index in [1.807, 2.05) is 13.0 Å². The van der Waals surface area contributed by atoms with Crippen LogP contribution in [0.25, 0.3) is 10.9 Å². The number of hydrogen-bond donors (Lipinski definition) is 2. The minimum atomic E-state index is -1.34. The van der Waals surface area contributed by atoms with Gasteiger partial charge in [0.1, 0.15) is 5.75 Å². The van der Waals surface area contributed by atoms with Crippen molar-refractivity contribution in [1.29, 1.82) is 0 Å². The van der Waals surface area contributed by atoms with Crippen molar-refractivity contribution >= 4 is 28.5 Å². The Bertz CT molecular complexity index is 930. The number of hydrogen-bond acceptors (Lipinski definition) is 4. The van der Waals surface area contributed by atoms with E-state index in [4.69, 9.17) is 4.74 Å². The van der Waals surface area contributed by atoms with Gasteiger partial charge in [0.05, 0.1) is 30.4 Å². The van der Waals surface area contributed by atoms with Gasteiger partial charge in [-0.15, -0.1) is 0 Å². The van der Waals surface area contributed by atoms with Gasteiger partial charge in [-0.2, -0.15) is 0 Å². The molecule has 6 heteroatoms. The summed E-state index contributed by atoms with van der Waals surface area (Å²) in [4.78, 5) is 26.6. The third-order valence-electron chi connectivity index (χ3n) is 3.82. The molecule has 0 spiro atoms. The minimum absolute atomic E-state index is 0.0746. The Labute approximate surface area is 144 Å². The van der Waals surface area contributed by atoms with Crippen molar-refractivity contribution in [3.63, 3.8) is 0 Å². The number of anilines is 1. The number of para-hydroxylation sites is 3. The lowest BCUT2D eigenvalue weighted by atomic mass is 10.1. The first-order valence-corrected chi connectivity index (χ1v) is 7.92. The summed E-state index contributed by atoms with van der Waals surface area (Å²) in [6.45, 7) is 2.33. The van der Waals surface area contributed by atoms with Gasteiger partial charge in [0.2, 0.25) is 5.91 Å². The van der Waals surface area contributed by atoms with Gasteiger partial charge in [-0.05, 0) is 30.7 Å². The van der Waals surface area contributed by atoms with Crippen molar-refractivity contribution in [3.05, 3.63) is 59.8 Å². The molecule has 0 fully saturated rings. The number of carboxylic acid groups (broad SMARTS) is 1. The summed E-state index contributed by atoms with van der Waals surface area (Å²) in [5.74, 6) is -1.11. The Morgan fingerprint density at radius 2 is 1.84 bits per heavy atom. The highest BCUT2D eigenvalue weighted by Crippen LogP contribution is 2.26. The lowest BCUT2D eigenvalue weighted by Crippen LogP contribution is -2.25. The first-order valence-electron chi connectivity index (χ1n) is 7.92. The number of benzene rings is 2. The van der Waals surface area contributed by atoms with E-state index in [0.717, 1.165) is 0 Å². The van der Waals surface area contributed by atoms with E-state index in [1.165, 1.54) is 0 Å². The van der Waals surface area contributed by atoms with Crippen LogP contribution in [0.4, 0.5) is 5.69 Å². The molecule has 0 saturated carbocycles. The topological polar surface area (TPSA) is 94.2 Å². The Kier molecular flexibility index (Phi) is 4.70. The first-order chi connectivity index (χ1) is 12.1. The number of rotatable bonds is 6. The van der Waals surface area contributed by atoms with Crippen LogP contribution in [0, 0.1) is 0 Å². The molecule has 1 heterocycles. The van der Waals surface area contributed by atoms with E-state index in [-0.39, 0.29) is 18.0 Å². The van der Waals surface area contributed by atoms with Crippen LogP contribution in [-0.2, 0) is 11.2 Å². The minimum Gasteiger partial charge on any atom is -0.543 e. The summed E-state index contributed by atoms with van der Waals surface area (Å²) in [6, 6.07) is 14.2. The van der Waals surface area contributed by atoms with Crippen molar-refractivity contribution in [2.45, 2.75) is 13.3 Å². The fourth-order valence-corrected chi connectivity index (χ4v) is 2.76. The molecule has 0 bridgehead atoms. The number of aromatic nitrogens is 1. The zero-order valence-corrected chi connectivity index (χ0v) is 13.7. The van der Waals surface area contributed by atoms with E-state index < -0.39 is 5.97 Å². The van der Waals surface area contributed by atoms with E-state index in [0.29, 0.717) is 34.5 Å². The fourth-order valence-electron chi connectivity index (χ4n) is 2.76. The molecule has 3 rings (SSSR count). The van der Waals surface area contributed by atoms with E-state index in [2.05, 4.69) is 10.3 Å². The highest BCUT2D eigenvalue weighted by Gasteiger charge is 2.16. The summed E-state index contributed by atoms with van der Waals surface area (Å²) in [7, 11) is 0. The molecule has 0 aliphatic carbocycles. The number of H-pyrrole nitrogens is 1. The largest absolute Gasteiger partial charge is 0.543 e. The summed E-state index contributed by atoms with van der Waals surface area (Å²) in [6.07, 6.45) is -0.0895. The lowest BCUT2D eigenvalue weighted by molar-refractivity contribution is -0.255. The molecule has 0 unspecified atom stereocenters. The number of ether oxygens (including phenoxy) is 1. The van der Waals surface area contributed by atoms with Crippen LogP contribution < -0.4 is 15.2 Å². The average Bonchev–Trinajstić information content (AvgIpc) is 2.96. The monoisotopic (exact) mass is 337 g/mol. The summed E-state index contributed by atoms with van der Waals surface area (Å²) < 4.78 is 5.48. The van der Waals surface area contributed by atoms with Crippen molar-refractivity contribution in [3.8, 4) is 5.75 Å². The maximum atomic E-state index is 12.5. The summed E-state index contributed by atoms with van der Waals surface area (Å²) >= 11 is 0. The van der Waals surface area contributed by atoms with E-state index >= 15 is 0 Å². The zero-order chi connectivity index (χ0) is 17.8. The second-order valence-corrected chi connectivity index (χ2v) is 5.47. The van der Waals surface area contributed by atoms with Gasteiger partial charge in [0.15, 0.2) is 0 Å². The van der Waals surface area contributed by atoms with Crippen LogP contribution >= 0.6 is 0 Å². The smallest absolute Gasteiger partial charge is 0.229 e. The predicted molar refractivity (Wildman–Crippen MR) is 92.6 cm³/mol. The van der Waals surface area contributed by atoms with Gasteiger partial charge in [-0.3, -0.25) is 4.79 Å². The second kappa shape index (κ2) is 7.09. The van der Waals surface area contributed by atoms with Crippen molar-refractivity contribution in [1.82, 2.24) is 4.98 Å². The van der Waals surface area contributed by atoms with Crippen LogP contribution in [0.15, 0.2) is 48.5 Å². The lowest BCUT2D eigenvalue weighted by Gasteiger charge is -2.11. The molecule has 0 saturated heterocycles. The number of carbonyl (C=O) groups excluding carboxylic acids is 2. The SMILES string of the molecule is CCOc1ccccc1NC(=O)Cc1c(C(=O)[O-])[nH]c2ccccc12. The average molecular weight is 337 g/mol. The van der Waals surface area contributed by atoms with Gasteiger partial charge in [-0.1, -0.05) is 30.3 Å². The molecule has 1 amide bonds. The molecule has 0 radical (unpaired) electrons. The molecule has 2 aromatic carbocycles. The highest BCUT2D eigenvalue weighted by atomic mass is 16.5. The van der Waals surface area contributed by atoms with Gasteiger partial charge in [0.25, 0.3) is 0 Å². The Hall–Kier alpha value is -3.28. The Balaban J connectivity index is 1.88. The van der Waals surface area contributed by atoms with E-state index in [1.54, 1.807) is 42.5 Å². The van der Waals surface area contributed by atoms with Gasteiger partial charge in [0, 0.05) is 10.9 Å². The molecule has 0 aliphatic rings. The Morgan fingerprint density at radius 3 is 2.60 bits per heavy atom. The molecule has 128 valence electrons. The number of fused-ring (bicyclic) bond motifs is 1. The quantitative estimate of drug-likeness (QED) is 0.720. The summed E-state index contributed by atoms with van der Waals surface area (Å²) in [5.41, 5.74) is 1.53. The normalized spacial score (nSPS) is 10.6. The number of carbonyl (C=O) groups is 2. The summed E-state index contributed by atoms with van der Waals surface area (Å²) in [5, 5.41) is 14.8. The van der Waals surface area contributed by atoms with Gasteiger partial charge < -0.3 is 24.9 Å². The third kappa shape index (κ3) is 3.47. The molecule has 2 N–H and O–H groups in total. The number of aromatic carboxylic acids is 1. The standard InChI is InChI=1S/C19H18N2O4/c1-2-25-16-10-6-5-9-15(16)20-17(22)11-13-12-7-3-4-8-14(12)21-18(13)19(23)24/h3-10,21H,2,11H2,1H3,(H,20,22)(H,23,24)/p-1. The second-order valence-electron chi connectivity index (χ2n) is 5.47. The molecule has 6 nitrogen and oxygen atoms in total. The maximum absolute atomic E-state index is 12.5. The number of nitrogens with one attached hydrogen (secondary N) is 2. The zero-order valence-electron chi connectivity index (χ0n) is 13.7. The van der Waals surface area contributed by atoms with Crippen LogP contribution in [0.1, 0.15) is 23.0 Å². The van der Waals surface area contributed by atoms with Crippen molar-refractivity contribution < 1.29 is 19.4 Å². The number of carboxylic acids is 1. The van der Waals surface area contributed by atoms with Crippen molar-refractivity contribution in [2.24, 2.45) is 0 Å². The molecular weight excluding hydrogens is 320 g/mol. The van der Waals surface area contributed by atoms with Gasteiger partial charge >= 0.3 is 0 Å². The third-order valence-corrected chi connectivity index (χ3v) is 3.82. The van der Waals surface area contributed by atoms with Crippen LogP contribution in [0.5, 0.6) is 5.75 Å². The Morgan fingerprint density at radius 1 is 1.12 bits per heavy atom. The molecule has 25 heavy (non-hydrogen) atoms. The molecule has 0 atom stereocenters. The predicted octanol–water partition coefficient (Wildman–Crippen LogP) is 2.11. The van der Waals surface area contributed by atoms with Gasteiger partial charge in [-0.25, -0.2) is 0 Å². The molecule has 1 aromatic heterocycles.